The van der Waals surface area contributed by atoms with Crippen LogP contribution >= 0.6 is 22.9 Å². The van der Waals surface area contributed by atoms with Crippen LogP contribution in [0.5, 0.6) is 5.88 Å². The van der Waals surface area contributed by atoms with E-state index in [1.54, 1.807) is 24.3 Å². The number of halogens is 3. The van der Waals surface area contributed by atoms with Gasteiger partial charge in [-0.05, 0) is 25.1 Å². The predicted molar refractivity (Wildman–Crippen MR) is 124 cm³/mol. The molecule has 1 N–H and O–H groups in total. The molecule has 3 aromatic heterocycles. The Labute approximate surface area is 192 Å². The molecule has 10 heteroatoms. The minimum absolute atomic E-state index is 0.0985. The molecule has 1 saturated heterocycles. The standard InChI is InChI=1S/C22H20ClF2N5OS/c1-2-31-20-18-17(28-22(29-20)30-9-7-26-8-10-30)16-14(19(24)25)11-15(27-21(16)32-18)12-3-5-13(23)6-4-12/h3-6,11,19,26H,2,7-10H2,1H3. The number of aromatic nitrogens is 3. The van der Waals surface area contributed by atoms with E-state index in [1.807, 2.05) is 11.8 Å². The van der Waals surface area contributed by atoms with Crippen molar-refractivity contribution in [2.45, 2.75) is 13.3 Å². The Balaban J connectivity index is 1.75. The maximum absolute atomic E-state index is 14.2. The first-order chi connectivity index (χ1) is 15.5. The van der Waals surface area contributed by atoms with Gasteiger partial charge >= 0.3 is 0 Å². The van der Waals surface area contributed by atoms with Gasteiger partial charge in [0.1, 0.15) is 15.0 Å². The molecule has 0 saturated carbocycles. The fourth-order valence-electron chi connectivity index (χ4n) is 3.81. The summed E-state index contributed by atoms with van der Waals surface area (Å²) in [5, 5.41) is 4.22. The Morgan fingerprint density at radius 1 is 1.16 bits per heavy atom. The molecule has 0 radical (unpaired) electrons. The van der Waals surface area contributed by atoms with Crippen molar-refractivity contribution in [1.82, 2.24) is 20.3 Å². The van der Waals surface area contributed by atoms with E-state index in [0.717, 1.165) is 26.2 Å². The smallest absolute Gasteiger partial charge is 0.264 e. The van der Waals surface area contributed by atoms with E-state index in [2.05, 4.69) is 10.3 Å². The number of rotatable bonds is 5. The van der Waals surface area contributed by atoms with E-state index in [-0.39, 0.29) is 5.56 Å². The zero-order valence-electron chi connectivity index (χ0n) is 17.2. The highest BCUT2D eigenvalue weighted by atomic mass is 35.5. The van der Waals surface area contributed by atoms with Crippen molar-refractivity contribution in [3.8, 4) is 17.1 Å². The van der Waals surface area contributed by atoms with E-state index in [0.29, 0.717) is 55.1 Å². The molecule has 1 aliphatic heterocycles. The number of ether oxygens (including phenoxy) is 1. The van der Waals surface area contributed by atoms with Gasteiger partial charge in [0.05, 0.1) is 12.3 Å². The van der Waals surface area contributed by atoms with Gasteiger partial charge in [0.25, 0.3) is 6.43 Å². The normalized spacial score (nSPS) is 14.6. The van der Waals surface area contributed by atoms with Gasteiger partial charge in [-0.2, -0.15) is 4.98 Å². The van der Waals surface area contributed by atoms with Gasteiger partial charge in [-0.3, -0.25) is 0 Å². The van der Waals surface area contributed by atoms with E-state index in [1.165, 1.54) is 17.4 Å². The van der Waals surface area contributed by atoms with E-state index < -0.39 is 6.43 Å². The predicted octanol–water partition coefficient (Wildman–Crippen LogP) is 5.31. The first-order valence-corrected chi connectivity index (χ1v) is 11.5. The van der Waals surface area contributed by atoms with Gasteiger partial charge in [-0.1, -0.05) is 23.7 Å². The molecule has 32 heavy (non-hydrogen) atoms. The summed E-state index contributed by atoms with van der Waals surface area (Å²) in [6, 6.07) is 8.41. The topological polar surface area (TPSA) is 63.2 Å². The second-order valence-corrected chi connectivity index (χ2v) is 8.80. The van der Waals surface area contributed by atoms with Crippen LogP contribution in [0.2, 0.25) is 5.02 Å². The quantitative estimate of drug-likeness (QED) is 0.422. The molecular weight excluding hydrogens is 456 g/mol. The highest BCUT2D eigenvalue weighted by Crippen LogP contribution is 2.43. The lowest BCUT2D eigenvalue weighted by molar-refractivity contribution is 0.153. The van der Waals surface area contributed by atoms with Crippen molar-refractivity contribution in [3.63, 3.8) is 0 Å². The first kappa shape index (κ1) is 21.2. The molecule has 5 rings (SSSR count). The Morgan fingerprint density at radius 2 is 1.91 bits per heavy atom. The van der Waals surface area contributed by atoms with Crippen LogP contribution in [0, 0.1) is 0 Å². The lowest BCUT2D eigenvalue weighted by atomic mass is 10.1. The van der Waals surface area contributed by atoms with Gasteiger partial charge in [0, 0.05) is 47.7 Å². The third-order valence-corrected chi connectivity index (χ3v) is 6.64. The van der Waals surface area contributed by atoms with Crippen molar-refractivity contribution in [1.29, 1.82) is 0 Å². The highest BCUT2D eigenvalue weighted by molar-refractivity contribution is 7.25. The minimum atomic E-state index is -2.68. The molecule has 0 bridgehead atoms. The zero-order chi connectivity index (χ0) is 22.2. The van der Waals surface area contributed by atoms with E-state index >= 15 is 0 Å². The van der Waals surface area contributed by atoms with Crippen molar-refractivity contribution >= 4 is 49.3 Å². The summed E-state index contributed by atoms with van der Waals surface area (Å²) in [4.78, 5) is 16.6. The van der Waals surface area contributed by atoms with E-state index in [9.17, 15) is 8.78 Å². The molecule has 166 valence electrons. The SMILES string of the molecule is CCOc1nc(N2CCNCC2)nc2c1sc1nc(-c3ccc(Cl)cc3)cc(C(F)F)c12. The molecule has 4 heterocycles. The fourth-order valence-corrected chi connectivity index (χ4v) is 5.03. The van der Waals surface area contributed by atoms with Crippen LogP contribution in [-0.4, -0.2) is 47.7 Å². The number of anilines is 1. The summed E-state index contributed by atoms with van der Waals surface area (Å²) < 4.78 is 34.9. The lowest BCUT2D eigenvalue weighted by Gasteiger charge is -2.27. The molecule has 0 amide bonds. The highest BCUT2D eigenvalue weighted by Gasteiger charge is 2.25. The van der Waals surface area contributed by atoms with Crippen molar-refractivity contribution in [3.05, 3.63) is 40.9 Å². The summed E-state index contributed by atoms with van der Waals surface area (Å²) in [5.74, 6) is 0.895. The van der Waals surface area contributed by atoms with Crippen LogP contribution in [0.3, 0.4) is 0 Å². The molecule has 0 aliphatic carbocycles. The summed E-state index contributed by atoms with van der Waals surface area (Å²) in [6.45, 7) is 5.37. The molecule has 0 atom stereocenters. The van der Waals surface area contributed by atoms with Gasteiger partial charge < -0.3 is 15.0 Å². The Morgan fingerprint density at radius 3 is 2.59 bits per heavy atom. The summed E-state index contributed by atoms with van der Waals surface area (Å²) in [5.41, 5.74) is 1.54. The van der Waals surface area contributed by atoms with Gasteiger partial charge in [0.15, 0.2) is 0 Å². The Kier molecular flexibility index (Phi) is 5.79. The van der Waals surface area contributed by atoms with Crippen LogP contribution in [-0.2, 0) is 0 Å². The van der Waals surface area contributed by atoms with Crippen molar-refractivity contribution in [2.24, 2.45) is 0 Å². The van der Waals surface area contributed by atoms with Crippen LogP contribution < -0.4 is 15.0 Å². The monoisotopic (exact) mass is 475 g/mol. The molecule has 4 aromatic rings. The number of nitrogens with one attached hydrogen (secondary N) is 1. The van der Waals surface area contributed by atoms with Gasteiger partial charge in [0.2, 0.25) is 11.8 Å². The average molecular weight is 476 g/mol. The third-order valence-electron chi connectivity index (χ3n) is 5.33. The van der Waals surface area contributed by atoms with Gasteiger partial charge in [-0.15, -0.1) is 11.3 Å². The minimum Gasteiger partial charge on any atom is -0.477 e. The molecule has 1 aliphatic rings. The molecule has 6 nitrogen and oxygen atoms in total. The summed E-state index contributed by atoms with van der Waals surface area (Å²) in [7, 11) is 0. The number of alkyl halides is 2. The number of piperazine rings is 1. The maximum atomic E-state index is 14.2. The van der Waals surface area contributed by atoms with Crippen molar-refractivity contribution < 1.29 is 13.5 Å². The van der Waals surface area contributed by atoms with Crippen LogP contribution in [0.15, 0.2) is 30.3 Å². The van der Waals surface area contributed by atoms with Crippen LogP contribution in [0.1, 0.15) is 18.9 Å². The Bertz CT molecular complexity index is 1280. The molecule has 0 unspecified atom stereocenters. The maximum Gasteiger partial charge on any atom is 0.264 e. The second kappa shape index (κ2) is 8.73. The lowest BCUT2D eigenvalue weighted by Crippen LogP contribution is -2.44. The molecule has 1 fully saturated rings. The fraction of sp³-hybridized carbons (Fsp3) is 0.318. The number of hydrogen-bond acceptors (Lipinski definition) is 7. The zero-order valence-corrected chi connectivity index (χ0v) is 18.8. The third kappa shape index (κ3) is 3.85. The number of hydrogen-bond donors (Lipinski definition) is 1. The largest absolute Gasteiger partial charge is 0.477 e. The average Bonchev–Trinajstić information content (AvgIpc) is 3.18. The van der Waals surface area contributed by atoms with E-state index in [4.69, 9.17) is 26.3 Å². The van der Waals surface area contributed by atoms with Crippen LogP contribution in [0.4, 0.5) is 14.7 Å². The number of fused-ring (bicyclic) bond motifs is 3. The second-order valence-electron chi connectivity index (χ2n) is 7.36. The summed E-state index contributed by atoms with van der Waals surface area (Å²) >= 11 is 7.26. The van der Waals surface area contributed by atoms with Crippen LogP contribution in [0.25, 0.3) is 31.7 Å². The van der Waals surface area contributed by atoms with Gasteiger partial charge in [-0.25, -0.2) is 18.7 Å². The number of thiophene rings is 1. The number of pyridine rings is 1. The van der Waals surface area contributed by atoms with Crippen molar-refractivity contribution in [2.75, 3.05) is 37.7 Å². The molecular formula is C22H20ClF2N5OS. The first-order valence-electron chi connectivity index (χ1n) is 10.3. The molecule has 1 aromatic carbocycles. The summed E-state index contributed by atoms with van der Waals surface area (Å²) in [6.07, 6.45) is -2.68. The number of nitrogens with zero attached hydrogens (tertiary/aromatic N) is 4. The Hall–Kier alpha value is -2.62. The number of benzene rings is 1. The molecule has 0 spiro atoms.